The van der Waals surface area contributed by atoms with E-state index in [2.05, 4.69) is 0 Å². The highest BCUT2D eigenvalue weighted by atomic mass is 16.5. The van der Waals surface area contributed by atoms with E-state index >= 15 is 0 Å². The molecule has 69 valence electrons. The van der Waals surface area contributed by atoms with Gasteiger partial charge in [-0.2, -0.15) is 0 Å². The first-order valence-electron chi connectivity index (χ1n) is 3.65. The van der Waals surface area contributed by atoms with Gasteiger partial charge in [0, 0.05) is 18.2 Å². The van der Waals surface area contributed by atoms with Crippen molar-refractivity contribution < 1.29 is 19.2 Å². The Labute approximate surface area is 77.4 Å². The van der Waals surface area contributed by atoms with Crippen molar-refractivity contribution in [2.75, 3.05) is 14.2 Å². The molecule has 0 atom stereocenters. The highest BCUT2D eigenvalue weighted by Crippen LogP contribution is 2.26. The molecule has 1 aromatic rings. The molecular formula is C8H10BO4. The van der Waals surface area contributed by atoms with Crippen molar-refractivity contribution in [2.45, 2.75) is 0 Å². The lowest BCUT2D eigenvalue weighted by atomic mass is 10.3. The minimum Gasteiger partial charge on any atom is -0.537 e. The summed E-state index contributed by atoms with van der Waals surface area (Å²) in [6.45, 7) is 0. The Kier molecular flexibility index (Phi) is 3.46. The van der Waals surface area contributed by atoms with Crippen LogP contribution in [0.15, 0.2) is 18.2 Å². The predicted molar refractivity (Wildman–Crippen MR) is 48.1 cm³/mol. The Morgan fingerprint density at radius 1 is 1.00 bits per heavy atom. The third-order valence-electron chi connectivity index (χ3n) is 1.51. The van der Waals surface area contributed by atoms with Crippen LogP contribution in [0.25, 0.3) is 0 Å². The lowest BCUT2D eigenvalue weighted by Gasteiger charge is -2.07. The number of ether oxygens (including phenoxy) is 2. The predicted octanol–water partition coefficient (Wildman–Crippen LogP) is 0.609. The van der Waals surface area contributed by atoms with Gasteiger partial charge in [0.25, 0.3) is 0 Å². The molecule has 0 unspecified atom stereocenters. The van der Waals surface area contributed by atoms with Crippen LogP contribution in [0.1, 0.15) is 0 Å². The quantitative estimate of drug-likeness (QED) is 0.691. The summed E-state index contributed by atoms with van der Waals surface area (Å²) in [7, 11) is 3.69. The van der Waals surface area contributed by atoms with Gasteiger partial charge in [-0.25, -0.2) is 0 Å². The fraction of sp³-hybridized carbons (Fsp3) is 0.250. The van der Waals surface area contributed by atoms with E-state index in [1.54, 1.807) is 32.4 Å². The SMILES string of the molecule is COc1cc(OC)cc(O[B]O)c1. The third-order valence-corrected chi connectivity index (χ3v) is 1.51. The molecule has 0 fully saturated rings. The molecule has 4 nitrogen and oxygen atoms in total. The van der Waals surface area contributed by atoms with Gasteiger partial charge in [-0.3, -0.25) is 0 Å². The molecule has 0 aromatic heterocycles. The maximum absolute atomic E-state index is 8.42. The van der Waals surface area contributed by atoms with Crippen LogP contribution >= 0.6 is 0 Å². The van der Waals surface area contributed by atoms with Crippen molar-refractivity contribution in [2.24, 2.45) is 0 Å². The Morgan fingerprint density at radius 3 is 1.85 bits per heavy atom. The first kappa shape index (κ1) is 9.73. The van der Waals surface area contributed by atoms with Crippen LogP contribution in [0, 0.1) is 0 Å². The van der Waals surface area contributed by atoms with Gasteiger partial charge in [-0.1, -0.05) is 0 Å². The lowest BCUT2D eigenvalue weighted by molar-refractivity contribution is 0.387. The number of rotatable bonds is 4. The summed E-state index contributed by atoms with van der Waals surface area (Å²) in [6.07, 6.45) is 0. The van der Waals surface area contributed by atoms with Crippen LogP contribution in [-0.4, -0.2) is 26.9 Å². The van der Waals surface area contributed by atoms with Crippen LogP contribution in [-0.2, 0) is 0 Å². The molecule has 0 aliphatic heterocycles. The first-order chi connectivity index (χ1) is 6.30. The molecule has 1 radical (unpaired) electrons. The van der Waals surface area contributed by atoms with E-state index in [1.165, 1.54) is 0 Å². The zero-order chi connectivity index (χ0) is 9.68. The molecule has 0 aliphatic carbocycles. The number of hydrogen-bond acceptors (Lipinski definition) is 4. The molecule has 1 aromatic carbocycles. The van der Waals surface area contributed by atoms with Crippen molar-refractivity contribution in [3.05, 3.63) is 18.2 Å². The second-order valence-electron chi connectivity index (χ2n) is 2.27. The minimum atomic E-state index is 0.457. The van der Waals surface area contributed by atoms with E-state index in [0.29, 0.717) is 24.9 Å². The summed E-state index contributed by atoms with van der Waals surface area (Å²) in [4.78, 5) is 0. The molecule has 5 heteroatoms. The standard InChI is InChI=1S/C8H10BO4/c1-11-6-3-7(12-2)5-8(4-6)13-9-10/h3-5,10H,1-2H3. The van der Waals surface area contributed by atoms with Crippen LogP contribution in [0.4, 0.5) is 0 Å². The molecule has 1 rings (SSSR count). The van der Waals surface area contributed by atoms with Crippen molar-refractivity contribution in [1.29, 1.82) is 0 Å². The topological polar surface area (TPSA) is 47.9 Å². The van der Waals surface area contributed by atoms with E-state index in [4.69, 9.17) is 19.2 Å². The van der Waals surface area contributed by atoms with E-state index in [9.17, 15) is 0 Å². The molecule has 0 heterocycles. The third kappa shape index (κ3) is 2.56. The van der Waals surface area contributed by atoms with Gasteiger partial charge in [0.2, 0.25) is 0 Å². The lowest BCUT2D eigenvalue weighted by Crippen LogP contribution is -2.00. The molecular weight excluding hydrogens is 171 g/mol. The average Bonchev–Trinajstić information content (AvgIpc) is 2.17. The zero-order valence-corrected chi connectivity index (χ0v) is 7.48. The molecule has 0 saturated heterocycles. The summed E-state index contributed by atoms with van der Waals surface area (Å²) in [5.41, 5.74) is 0. The Bertz CT molecular complexity index is 255. The Hall–Kier alpha value is -1.36. The monoisotopic (exact) mass is 181 g/mol. The molecule has 0 amide bonds. The van der Waals surface area contributed by atoms with Crippen LogP contribution in [0.3, 0.4) is 0 Å². The molecule has 13 heavy (non-hydrogen) atoms. The van der Waals surface area contributed by atoms with Crippen LogP contribution in [0.5, 0.6) is 17.2 Å². The summed E-state index contributed by atoms with van der Waals surface area (Å²) in [5.74, 6) is 1.67. The second-order valence-corrected chi connectivity index (χ2v) is 2.27. The normalized spacial score (nSPS) is 9.15. The van der Waals surface area contributed by atoms with E-state index in [-0.39, 0.29) is 0 Å². The summed E-state index contributed by atoms with van der Waals surface area (Å²) >= 11 is 0. The van der Waals surface area contributed by atoms with E-state index < -0.39 is 0 Å². The first-order valence-corrected chi connectivity index (χ1v) is 3.65. The molecule has 0 aliphatic rings. The van der Waals surface area contributed by atoms with Crippen LogP contribution < -0.4 is 14.1 Å². The summed E-state index contributed by atoms with van der Waals surface area (Å²) in [6, 6.07) is 4.98. The molecule has 0 bridgehead atoms. The minimum absolute atomic E-state index is 0.457. The average molecular weight is 181 g/mol. The van der Waals surface area contributed by atoms with E-state index in [0.717, 1.165) is 0 Å². The Balaban J connectivity index is 2.93. The number of hydrogen-bond donors (Lipinski definition) is 1. The van der Waals surface area contributed by atoms with Gasteiger partial charge in [-0.15, -0.1) is 0 Å². The van der Waals surface area contributed by atoms with Gasteiger partial charge in [0.1, 0.15) is 17.2 Å². The number of methoxy groups -OCH3 is 2. The zero-order valence-electron chi connectivity index (χ0n) is 7.48. The van der Waals surface area contributed by atoms with Gasteiger partial charge >= 0.3 is 7.69 Å². The summed E-state index contributed by atoms with van der Waals surface area (Å²) < 4.78 is 14.7. The highest BCUT2D eigenvalue weighted by Gasteiger charge is 2.02. The highest BCUT2D eigenvalue weighted by molar-refractivity contribution is 6.17. The maximum Gasteiger partial charge on any atom is 0.569 e. The van der Waals surface area contributed by atoms with Crippen molar-refractivity contribution in [3.63, 3.8) is 0 Å². The van der Waals surface area contributed by atoms with Gasteiger partial charge in [0.15, 0.2) is 0 Å². The Morgan fingerprint density at radius 2 is 1.46 bits per heavy atom. The van der Waals surface area contributed by atoms with Gasteiger partial charge in [0.05, 0.1) is 14.2 Å². The molecule has 0 saturated carbocycles. The maximum atomic E-state index is 8.42. The van der Waals surface area contributed by atoms with Gasteiger partial charge in [-0.05, 0) is 0 Å². The van der Waals surface area contributed by atoms with Crippen molar-refractivity contribution in [3.8, 4) is 17.2 Å². The second kappa shape index (κ2) is 4.62. The van der Waals surface area contributed by atoms with E-state index in [1.807, 2.05) is 0 Å². The van der Waals surface area contributed by atoms with Crippen molar-refractivity contribution in [1.82, 2.24) is 0 Å². The molecule has 0 spiro atoms. The van der Waals surface area contributed by atoms with Gasteiger partial charge < -0.3 is 19.2 Å². The molecule has 1 N–H and O–H groups in total. The largest absolute Gasteiger partial charge is 0.569 e. The summed E-state index contributed by atoms with van der Waals surface area (Å²) in [5, 5.41) is 8.42. The van der Waals surface area contributed by atoms with Crippen LogP contribution in [0.2, 0.25) is 0 Å². The fourth-order valence-electron chi connectivity index (χ4n) is 0.910. The van der Waals surface area contributed by atoms with Crippen molar-refractivity contribution >= 4 is 7.69 Å². The smallest absolute Gasteiger partial charge is 0.537 e. The number of benzene rings is 1. The fourth-order valence-corrected chi connectivity index (χ4v) is 0.910.